The average Bonchev–Trinajstić information content (AvgIpc) is 3.33. The Bertz CT molecular complexity index is 1330. The Morgan fingerprint density at radius 2 is 1.56 bits per heavy atom. The monoisotopic (exact) mass is 524 g/mol. The van der Waals surface area contributed by atoms with Gasteiger partial charge in [0.2, 0.25) is 5.91 Å². The summed E-state index contributed by atoms with van der Waals surface area (Å²) < 4.78 is 11.1. The molecule has 7 nitrogen and oxygen atoms in total. The van der Waals surface area contributed by atoms with E-state index in [1.165, 1.54) is 4.90 Å². The van der Waals surface area contributed by atoms with Crippen LogP contribution in [0.3, 0.4) is 0 Å². The van der Waals surface area contributed by atoms with Gasteiger partial charge in [0.1, 0.15) is 25.3 Å². The van der Waals surface area contributed by atoms with Gasteiger partial charge in [0.15, 0.2) is 0 Å². The highest BCUT2D eigenvalue weighted by atomic mass is 16.6. The number of β-lactam (4-membered cyclic amide) rings is 1. The molecule has 0 radical (unpaired) electrons. The molecule has 0 aliphatic carbocycles. The van der Waals surface area contributed by atoms with Crippen LogP contribution >= 0.6 is 0 Å². The Morgan fingerprint density at radius 3 is 2.21 bits per heavy atom. The summed E-state index contributed by atoms with van der Waals surface area (Å²) in [7, 11) is 0. The third kappa shape index (κ3) is 5.43. The first-order chi connectivity index (χ1) is 19.0. The van der Waals surface area contributed by atoms with Gasteiger partial charge in [-0.2, -0.15) is 0 Å². The highest BCUT2D eigenvalue weighted by molar-refractivity contribution is 5.97. The summed E-state index contributed by atoms with van der Waals surface area (Å²) >= 11 is 0. The van der Waals surface area contributed by atoms with Crippen molar-refractivity contribution in [3.8, 4) is 0 Å². The molecular weight excluding hydrogens is 492 g/mol. The lowest BCUT2D eigenvalue weighted by Crippen LogP contribution is -2.74. The van der Waals surface area contributed by atoms with Crippen LogP contribution in [0.5, 0.6) is 0 Å². The molecule has 0 saturated carbocycles. The summed E-state index contributed by atoms with van der Waals surface area (Å²) in [4.78, 5) is 43.3. The van der Waals surface area contributed by atoms with E-state index in [1.54, 1.807) is 4.90 Å². The number of likely N-dealkylation sites (tertiary alicyclic amines) is 1. The summed E-state index contributed by atoms with van der Waals surface area (Å²) in [6.45, 7) is 4.07. The van der Waals surface area contributed by atoms with E-state index in [0.29, 0.717) is 0 Å². The van der Waals surface area contributed by atoms with Crippen LogP contribution in [-0.2, 0) is 25.7 Å². The number of carbonyl (C=O) groups is 3. The molecule has 7 heteroatoms. The SMILES string of the molecule is CC(C)C(C(=O)OCc1ccccc1)N1C(=O)[C@@H](N2C(=O)OC[C@@H]2c2ccccc2)[C@H]1C=Cc1ccccc1. The summed E-state index contributed by atoms with van der Waals surface area (Å²) in [6.07, 6.45) is 3.28. The Kier molecular flexibility index (Phi) is 7.77. The van der Waals surface area contributed by atoms with E-state index in [1.807, 2.05) is 117 Å². The molecule has 1 unspecified atom stereocenters. The fraction of sp³-hybridized carbons (Fsp3) is 0.281. The van der Waals surface area contributed by atoms with Gasteiger partial charge < -0.3 is 14.4 Å². The normalized spacial score (nSPS) is 21.7. The predicted molar refractivity (Wildman–Crippen MR) is 147 cm³/mol. The van der Waals surface area contributed by atoms with Crippen molar-refractivity contribution in [2.24, 2.45) is 5.92 Å². The molecule has 200 valence electrons. The molecule has 2 amide bonds. The average molecular weight is 525 g/mol. The number of cyclic esters (lactones) is 1. The van der Waals surface area contributed by atoms with Crippen molar-refractivity contribution in [3.63, 3.8) is 0 Å². The lowest BCUT2D eigenvalue weighted by atomic mass is 9.86. The molecular formula is C32H32N2O5. The molecule has 0 aromatic heterocycles. The van der Waals surface area contributed by atoms with Crippen LogP contribution in [0.1, 0.15) is 36.6 Å². The molecule has 2 fully saturated rings. The maximum Gasteiger partial charge on any atom is 0.411 e. The number of carbonyl (C=O) groups excluding carboxylic acids is 3. The Labute approximate surface area is 228 Å². The van der Waals surface area contributed by atoms with E-state index >= 15 is 0 Å². The van der Waals surface area contributed by atoms with Crippen molar-refractivity contribution in [1.29, 1.82) is 0 Å². The van der Waals surface area contributed by atoms with Crippen molar-refractivity contribution in [2.45, 2.75) is 44.6 Å². The molecule has 0 spiro atoms. The van der Waals surface area contributed by atoms with Gasteiger partial charge in [0.25, 0.3) is 0 Å². The maximum atomic E-state index is 13.9. The number of benzene rings is 3. The largest absolute Gasteiger partial charge is 0.459 e. The van der Waals surface area contributed by atoms with Gasteiger partial charge >= 0.3 is 12.1 Å². The molecule has 2 heterocycles. The minimum atomic E-state index is -0.809. The molecule has 3 aromatic rings. The van der Waals surface area contributed by atoms with Gasteiger partial charge in [-0.1, -0.05) is 117 Å². The first-order valence-corrected chi connectivity index (χ1v) is 13.2. The van der Waals surface area contributed by atoms with Crippen molar-refractivity contribution in [3.05, 3.63) is 114 Å². The zero-order valence-corrected chi connectivity index (χ0v) is 22.1. The quantitative estimate of drug-likeness (QED) is 0.283. The summed E-state index contributed by atoms with van der Waals surface area (Å²) in [5.41, 5.74) is 2.71. The Morgan fingerprint density at radius 1 is 0.949 bits per heavy atom. The van der Waals surface area contributed by atoms with Gasteiger partial charge in [-0.25, -0.2) is 9.59 Å². The zero-order valence-electron chi connectivity index (χ0n) is 22.1. The van der Waals surface area contributed by atoms with Gasteiger partial charge in [-0.05, 0) is 22.6 Å². The van der Waals surface area contributed by atoms with Gasteiger partial charge in [-0.15, -0.1) is 0 Å². The molecule has 3 aromatic carbocycles. The molecule has 2 saturated heterocycles. The molecule has 0 bridgehead atoms. The van der Waals surface area contributed by atoms with Crippen LogP contribution in [0.25, 0.3) is 6.08 Å². The second kappa shape index (κ2) is 11.6. The molecule has 0 N–H and O–H groups in total. The number of amides is 2. The first-order valence-electron chi connectivity index (χ1n) is 13.2. The number of hydrogen-bond acceptors (Lipinski definition) is 5. The molecule has 4 atom stereocenters. The third-order valence-electron chi connectivity index (χ3n) is 7.23. The minimum Gasteiger partial charge on any atom is -0.459 e. The fourth-order valence-electron chi connectivity index (χ4n) is 5.29. The van der Waals surface area contributed by atoms with Crippen LogP contribution in [0.15, 0.2) is 97.1 Å². The Hall–Kier alpha value is -4.39. The predicted octanol–water partition coefficient (Wildman–Crippen LogP) is 5.24. The number of rotatable bonds is 9. The summed E-state index contributed by atoms with van der Waals surface area (Å²) in [5, 5.41) is 0. The van der Waals surface area contributed by atoms with Crippen LogP contribution < -0.4 is 0 Å². The number of nitrogens with zero attached hydrogens (tertiary/aromatic N) is 2. The van der Waals surface area contributed by atoms with E-state index in [2.05, 4.69) is 0 Å². The van der Waals surface area contributed by atoms with Crippen LogP contribution in [0.4, 0.5) is 4.79 Å². The van der Waals surface area contributed by atoms with E-state index < -0.39 is 36.2 Å². The van der Waals surface area contributed by atoms with Crippen molar-refractivity contribution in [2.75, 3.05) is 6.61 Å². The van der Waals surface area contributed by atoms with Crippen LogP contribution in [-0.4, -0.2) is 52.5 Å². The van der Waals surface area contributed by atoms with Gasteiger partial charge in [-0.3, -0.25) is 9.69 Å². The lowest BCUT2D eigenvalue weighted by Gasteiger charge is -2.52. The van der Waals surface area contributed by atoms with Crippen molar-refractivity contribution >= 4 is 24.0 Å². The minimum absolute atomic E-state index is 0.118. The summed E-state index contributed by atoms with van der Waals surface area (Å²) in [5.74, 6) is -0.975. The topological polar surface area (TPSA) is 76.2 Å². The third-order valence-corrected chi connectivity index (χ3v) is 7.23. The second-order valence-corrected chi connectivity index (χ2v) is 10.1. The number of ether oxygens (including phenoxy) is 2. The van der Waals surface area contributed by atoms with E-state index in [0.717, 1.165) is 16.7 Å². The zero-order chi connectivity index (χ0) is 27.4. The molecule has 2 aliphatic heterocycles. The highest BCUT2D eigenvalue weighted by Crippen LogP contribution is 2.39. The van der Waals surface area contributed by atoms with Gasteiger partial charge in [0, 0.05) is 0 Å². The van der Waals surface area contributed by atoms with Gasteiger partial charge in [0.05, 0.1) is 12.1 Å². The second-order valence-electron chi connectivity index (χ2n) is 10.1. The van der Waals surface area contributed by atoms with Crippen LogP contribution in [0.2, 0.25) is 0 Å². The van der Waals surface area contributed by atoms with E-state index in [-0.39, 0.29) is 25.0 Å². The molecule has 2 aliphatic rings. The lowest BCUT2D eigenvalue weighted by molar-refractivity contribution is -0.173. The Balaban J connectivity index is 1.45. The standard InChI is InChI=1S/C32H32N2O5/c1-22(2)28(31(36)38-20-24-14-8-4-9-15-24)33-26(19-18-23-12-6-3-7-13-23)29(30(33)35)34-27(21-39-32(34)37)25-16-10-5-11-17-25/h3-19,22,26-29H,20-21H2,1-2H3/t26-,27-,28?,29+/m1/s1. The van der Waals surface area contributed by atoms with E-state index in [9.17, 15) is 14.4 Å². The van der Waals surface area contributed by atoms with Crippen molar-refractivity contribution in [1.82, 2.24) is 9.80 Å². The highest BCUT2D eigenvalue weighted by Gasteiger charge is 2.58. The van der Waals surface area contributed by atoms with E-state index in [4.69, 9.17) is 9.47 Å². The van der Waals surface area contributed by atoms with Crippen molar-refractivity contribution < 1.29 is 23.9 Å². The fourth-order valence-corrected chi connectivity index (χ4v) is 5.29. The maximum absolute atomic E-state index is 13.9. The molecule has 39 heavy (non-hydrogen) atoms. The molecule has 5 rings (SSSR count). The van der Waals surface area contributed by atoms with Crippen LogP contribution in [0, 0.1) is 5.92 Å². The first kappa shape index (κ1) is 26.2. The summed E-state index contributed by atoms with van der Waals surface area (Å²) in [6, 6.07) is 26.2. The smallest absolute Gasteiger partial charge is 0.411 e. The number of hydrogen-bond donors (Lipinski definition) is 0. The number of esters is 1.